The number of likely N-dealkylation sites (tertiary alicyclic amines) is 1. The molecule has 1 heterocycles. The van der Waals surface area contributed by atoms with Gasteiger partial charge in [-0.25, -0.2) is 9.59 Å². The Hall–Kier alpha value is -1.59. The van der Waals surface area contributed by atoms with Gasteiger partial charge in [0.2, 0.25) is 0 Å². The monoisotopic (exact) mass is 298 g/mol. The van der Waals surface area contributed by atoms with Crippen molar-refractivity contribution in [2.24, 2.45) is 10.9 Å². The van der Waals surface area contributed by atoms with E-state index < -0.39 is 11.6 Å². The number of hydrogen-bond acceptors (Lipinski definition) is 5. The summed E-state index contributed by atoms with van der Waals surface area (Å²) in [7, 11) is 0. The standard InChI is InChI=1S/C15H26N2O4/c1-5-20-13(18)11-16-10-12-6-8-17(9-7-12)14(19)21-15(2,3)4/h11-12H,5-10H2,1-4H3. The molecule has 0 unspecified atom stereocenters. The molecule has 1 saturated heterocycles. The molecule has 1 fully saturated rings. The third kappa shape index (κ3) is 7.11. The average molecular weight is 298 g/mol. The summed E-state index contributed by atoms with van der Waals surface area (Å²) in [4.78, 5) is 28.9. The van der Waals surface area contributed by atoms with Crippen LogP contribution in [0.15, 0.2) is 4.99 Å². The van der Waals surface area contributed by atoms with E-state index in [9.17, 15) is 9.59 Å². The first kappa shape index (κ1) is 17.5. The largest absolute Gasteiger partial charge is 0.462 e. The lowest BCUT2D eigenvalue weighted by molar-refractivity contribution is -0.134. The Bertz CT molecular complexity index is 380. The average Bonchev–Trinajstić information content (AvgIpc) is 2.38. The smallest absolute Gasteiger partial charge is 0.410 e. The second-order valence-electron chi connectivity index (χ2n) is 6.16. The predicted molar refractivity (Wildman–Crippen MR) is 80.5 cm³/mol. The number of hydrogen-bond donors (Lipinski definition) is 0. The van der Waals surface area contributed by atoms with Gasteiger partial charge in [0.25, 0.3) is 0 Å². The van der Waals surface area contributed by atoms with E-state index in [2.05, 4.69) is 4.99 Å². The van der Waals surface area contributed by atoms with Crippen LogP contribution in [0, 0.1) is 5.92 Å². The van der Waals surface area contributed by atoms with Crippen molar-refractivity contribution in [3.63, 3.8) is 0 Å². The number of aliphatic imine (C=N–C) groups is 1. The SMILES string of the molecule is CCOC(=O)C=NCC1CCN(C(=O)OC(C)(C)C)CC1. The summed E-state index contributed by atoms with van der Waals surface area (Å²) in [6.45, 7) is 9.66. The predicted octanol–water partition coefficient (Wildman–Crippen LogP) is 2.27. The minimum Gasteiger partial charge on any atom is -0.462 e. The van der Waals surface area contributed by atoms with Crippen LogP contribution in [-0.2, 0) is 14.3 Å². The molecular weight excluding hydrogens is 272 g/mol. The van der Waals surface area contributed by atoms with E-state index in [1.165, 1.54) is 6.21 Å². The second-order valence-corrected chi connectivity index (χ2v) is 6.16. The number of piperidine rings is 1. The van der Waals surface area contributed by atoms with Crippen LogP contribution in [0.4, 0.5) is 4.79 Å². The number of carbonyl (C=O) groups is 2. The summed E-state index contributed by atoms with van der Waals surface area (Å²) in [6.07, 6.45) is 2.73. The Morgan fingerprint density at radius 3 is 2.43 bits per heavy atom. The Balaban J connectivity index is 2.29. The highest BCUT2D eigenvalue weighted by Crippen LogP contribution is 2.19. The van der Waals surface area contributed by atoms with Gasteiger partial charge in [0, 0.05) is 19.6 Å². The molecule has 1 aliphatic heterocycles. The molecule has 1 aliphatic rings. The summed E-state index contributed by atoms with van der Waals surface area (Å²) >= 11 is 0. The highest BCUT2D eigenvalue weighted by molar-refractivity contribution is 6.23. The minimum absolute atomic E-state index is 0.254. The molecular formula is C15H26N2O4. The number of amides is 1. The van der Waals surface area contributed by atoms with E-state index in [1.54, 1.807) is 11.8 Å². The first-order chi connectivity index (χ1) is 9.81. The molecule has 0 aromatic rings. The number of esters is 1. The molecule has 1 amide bonds. The molecule has 0 bridgehead atoms. The summed E-state index contributed by atoms with van der Waals surface area (Å²) < 4.78 is 10.1. The van der Waals surface area contributed by atoms with Crippen molar-refractivity contribution in [2.75, 3.05) is 26.2 Å². The van der Waals surface area contributed by atoms with Gasteiger partial charge in [-0.1, -0.05) is 0 Å². The number of nitrogens with zero attached hydrogens (tertiary/aromatic N) is 2. The van der Waals surface area contributed by atoms with E-state index in [-0.39, 0.29) is 6.09 Å². The van der Waals surface area contributed by atoms with Crippen molar-refractivity contribution in [1.82, 2.24) is 4.90 Å². The number of rotatable bonds is 4. The maximum Gasteiger partial charge on any atom is 0.410 e. The Labute approximate surface area is 126 Å². The summed E-state index contributed by atoms with van der Waals surface area (Å²) in [5.41, 5.74) is -0.460. The first-order valence-corrected chi connectivity index (χ1v) is 7.46. The van der Waals surface area contributed by atoms with Crippen LogP contribution < -0.4 is 0 Å². The van der Waals surface area contributed by atoms with Crippen LogP contribution in [0.5, 0.6) is 0 Å². The van der Waals surface area contributed by atoms with E-state index >= 15 is 0 Å². The molecule has 0 radical (unpaired) electrons. The van der Waals surface area contributed by atoms with Crippen molar-refractivity contribution in [2.45, 2.75) is 46.1 Å². The zero-order chi connectivity index (χ0) is 15.9. The van der Waals surface area contributed by atoms with Crippen LogP contribution in [-0.4, -0.2) is 55.0 Å². The van der Waals surface area contributed by atoms with Crippen molar-refractivity contribution < 1.29 is 19.1 Å². The van der Waals surface area contributed by atoms with Crippen molar-refractivity contribution >= 4 is 18.3 Å². The zero-order valence-corrected chi connectivity index (χ0v) is 13.4. The van der Waals surface area contributed by atoms with E-state index in [4.69, 9.17) is 9.47 Å². The third-order valence-corrected chi connectivity index (χ3v) is 3.11. The molecule has 6 heteroatoms. The Morgan fingerprint density at radius 1 is 1.29 bits per heavy atom. The maximum atomic E-state index is 11.9. The van der Waals surface area contributed by atoms with Gasteiger partial charge in [0.1, 0.15) is 11.8 Å². The molecule has 120 valence electrons. The van der Waals surface area contributed by atoms with Crippen LogP contribution in [0.3, 0.4) is 0 Å². The van der Waals surface area contributed by atoms with Gasteiger partial charge in [-0.15, -0.1) is 0 Å². The fraction of sp³-hybridized carbons (Fsp3) is 0.800. The minimum atomic E-state index is -0.460. The van der Waals surface area contributed by atoms with E-state index in [0.717, 1.165) is 12.8 Å². The van der Waals surface area contributed by atoms with Crippen LogP contribution >= 0.6 is 0 Å². The van der Waals surface area contributed by atoms with Gasteiger partial charge in [-0.05, 0) is 46.5 Å². The van der Waals surface area contributed by atoms with Crippen molar-refractivity contribution in [3.8, 4) is 0 Å². The molecule has 21 heavy (non-hydrogen) atoms. The molecule has 1 rings (SSSR count). The van der Waals surface area contributed by atoms with E-state index in [1.807, 2.05) is 20.8 Å². The third-order valence-electron chi connectivity index (χ3n) is 3.11. The summed E-state index contributed by atoms with van der Waals surface area (Å²) in [5.74, 6) is -0.00180. The molecule has 0 aromatic heterocycles. The van der Waals surface area contributed by atoms with Gasteiger partial charge in [0.05, 0.1) is 6.61 Å². The van der Waals surface area contributed by atoms with E-state index in [0.29, 0.717) is 32.2 Å². The lowest BCUT2D eigenvalue weighted by atomic mass is 9.97. The van der Waals surface area contributed by atoms with Gasteiger partial charge in [-0.2, -0.15) is 0 Å². The lowest BCUT2D eigenvalue weighted by Crippen LogP contribution is -2.42. The molecule has 0 spiro atoms. The van der Waals surface area contributed by atoms with Crippen molar-refractivity contribution in [1.29, 1.82) is 0 Å². The van der Waals surface area contributed by atoms with Crippen LogP contribution in [0.25, 0.3) is 0 Å². The summed E-state index contributed by atoms with van der Waals surface area (Å²) in [5, 5.41) is 0. The molecule has 0 N–H and O–H groups in total. The van der Waals surface area contributed by atoms with Gasteiger partial charge in [0.15, 0.2) is 0 Å². The molecule has 0 saturated carbocycles. The Morgan fingerprint density at radius 2 is 1.90 bits per heavy atom. The topological polar surface area (TPSA) is 68.2 Å². The fourth-order valence-electron chi connectivity index (χ4n) is 2.08. The fourth-order valence-corrected chi connectivity index (χ4v) is 2.08. The molecule has 6 nitrogen and oxygen atoms in total. The van der Waals surface area contributed by atoms with Gasteiger partial charge >= 0.3 is 12.1 Å². The maximum absolute atomic E-state index is 11.9. The molecule has 0 atom stereocenters. The highest BCUT2D eigenvalue weighted by Gasteiger charge is 2.26. The Kier molecular flexibility index (Phi) is 6.65. The highest BCUT2D eigenvalue weighted by atomic mass is 16.6. The number of ether oxygens (including phenoxy) is 2. The molecule has 0 aromatic carbocycles. The number of carbonyl (C=O) groups excluding carboxylic acids is 2. The van der Waals surface area contributed by atoms with Gasteiger partial charge in [-0.3, -0.25) is 4.99 Å². The summed E-state index contributed by atoms with van der Waals surface area (Å²) in [6, 6.07) is 0. The first-order valence-electron chi connectivity index (χ1n) is 7.46. The second kappa shape index (κ2) is 8.00. The molecule has 0 aliphatic carbocycles. The van der Waals surface area contributed by atoms with Crippen LogP contribution in [0.2, 0.25) is 0 Å². The van der Waals surface area contributed by atoms with Crippen molar-refractivity contribution in [3.05, 3.63) is 0 Å². The normalized spacial score (nSPS) is 17.0. The van der Waals surface area contributed by atoms with Gasteiger partial charge < -0.3 is 14.4 Å². The quantitative estimate of drug-likeness (QED) is 0.590. The van der Waals surface area contributed by atoms with Crippen LogP contribution in [0.1, 0.15) is 40.5 Å². The lowest BCUT2D eigenvalue weighted by Gasteiger charge is -2.32. The zero-order valence-electron chi connectivity index (χ0n) is 13.4.